The van der Waals surface area contributed by atoms with E-state index in [0.717, 1.165) is 27.8 Å². The lowest BCUT2D eigenvalue weighted by Crippen LogP contribution is -2.11. The average Bonchev–Trinajstić information content (AvgIpc) is 2.70. The fraction of sp³-hybridized carbons (Fsp3) is 0.160. The topological polar surface area (TPSA) is 39.4 Å². The second-order valence-electron chi connectivity index (χ2n) is 7.33. The lowest BCUT2D eigenvalue weighted by molar-refractivity contribution is 0.298. The van der Waals surface area contributed by atoms with Crippen LogP contribution in [0.5, 0.6) is 5.75 Å². The van der Waals surface area contributed by atoms with E-state index in [2.05, 4.69) is 0 Å². The summed E-state index contributed by atoms with van der Waals surface area (Å²) in [6.45, 7) is 6.18. The van der Waals surface area contributed by atoms with Gasteiger partial charge in [-0.25, -0.2) is 0 Å². The van der Waals surface area contributed by atoms with E-state index >= 15 is 0 Å². The molecular formula is C25H21ClO3. The Morgan fingerprint density at radius 3 is 2.28 bits per heavy atom. The van der Waals surface area contributed by atoms with E-state index in [1.54, 1.807) is 12.1 Å². The summed E-state index contributed by atoms with van der Waals surface area (Å²) in [5.41, 5.74) is 5.22. The first-order chi connectivity index (χ1) is 13.9. The van der Waals surface area contributed by atoms with Gasteiger partial charge in [0.1, 0.15) is 12.2 Å². The van der Waals surface area contributed by atoms with Crippen LogP contribution in [0.15, 0.2) is 69.9 Å². The fourth-order valence-corrected chi connectivity index (χ4v) is 3.52. The number of hydrogen-bond acceptors (Lipinski definition) is 3. The van der Waals surface area contributed by atoms with E-state index < -0.39 is 0 Å². The second kappa shape index (κ2) is 7.76. The van der Waals surface area contributed by atoms with Crippen molar-refractivity contribution in [3.8, 4) is 17.1 Å². The van der Waals surface area contributed by atoms with E-state index in [0.29, 0.717) is 21.8 Å². The Morgan fingerprint density at radius 1 is 0.897 bits per heavy atom. The molecule has 0 atom stereocenters. The first-order valence-electron chi connectivity index (χ1n) is 9.45. The van der Waals surface area contributed by atoms with Crippen LogP contribution >= 0.6 is 11.6 Å². The Hall–Kier alpha value is -3.04. The maximum absolute atomic E-state index is 13.4. The summed E-state index contributed by atoms with van der Waals surface area (Å²) in [7, 11) is 0. The lowest BCUT2D eigenvalue weighted by Gasteiger charge is -2.13. The van der Waals surface area contributed by atoms with Crippen LogP contribution < -0.4 is 10.2 Å². The molecule has 1 aromatic heterocycles. The third-order valence-corrected chi connectivity index (χ3v) is 5.14. The number of ether oxygens (including phenoxy) is 1. The van der Waals surface area contributed by atoms with E-state index in [-0.39, 0.29) is 17.8 Å². The summed E-state index contributed by atoms with van der Waals surface area (Å²) >= 11 is 5.96. The normalized spacial score (nSPS) is 11.0. The molecule has 3 nitrogen and oxygen atoms in total. The minimum atomic E-state index is -0.164. The zero-order valence-electron chi connectivity index (χ0n) is 16.6. The molecule has 0 saturated carbocycles. The van der Waals surface area contributed by atoms with Gasteiger partial charge in [0.05, 0.1) is 5.39 Å². The maximum atomic E-state index is 13.4. The summed E-state index contributed by atoms with van der Waals surface area (Å²) in [6.07, 6.45) is 0. The van der Waals surface area contributed by atoms with Crippen LogP contribution in [0.1, 0.15) is 22.3 Å². The third kappa shape index (κ3) is 3.92. The highest BCUT2D eigenvalue weighted by molar-refractivity contribution is 6.30. The quantitative estimate of drug-likeness (QED) is 0.383. The van der Waals surface area contributed by atoms with E-state index in [4.69, 9.17) is 20.8 Å². The second-order valence-corrected chi connectivity index (χ2v) is 7.77. The number of halogens is 1. The molecule has 0 amide bonds. The van der Waals surface area contributed by atoms with Crippen molar-refractivity contribution in [3.63, 3.8) is 0 Å². The highest BCUT2D eigenvalue weighted by atomic mass is 35.5. The molecule has 1 heterocycles. The Balaban J connectivity index is 1.88. The van der Waals surface area contributed by atoms with Crippen LogP contribution in [0.4, 0.5) is 0 Å². The third-order valence-electron chi connectivity index (χ3n) is 4.89. The molecule has 4 aromatic rings. The lowest BCUT2D eigenvalue weighted by atomic mass is 10.0. The monoisotopic (exact) mass is 404 g/mol. The van der Waals surface area contributed by atoms with Gasteiger partial charge in [-0.15, -0.1) is 0 Å². The van der Waals surface area contributed by atoms with Crippen LogP contribution in [-0.2, 0) is 6.61 Å². The molecule has 3 aromatic carbocycles. The number of hydrogen-bond donors (Lipinski definition) is 0. The molecule has 4 heteroatoms. The van der Waals surface area contributed by atoms with Crippen LogP contribution in [0, 0.1) is 20.8 Å². The molecule has 0 bridgehead atoms. The number of fused-ring (bicyclic) bond motifs is 1. The summed E-state index contributed by atoms with van der Waals surface area (Å²) in [5.74, 6) is 0.671. The highest BCUT2D eigenvalue weighted by Crippen LogP contribution is 2.33. The predicted molar refractivity (Wildman–Crippen MR) is 118 cm³/mol. The van der Waals surface area contributed by atoms with Crippen molar-refractivity contribution in [2.45, 2.75) is 27.4 Å². The molecule has 4 rings (SSSR count). The van der Waals surface area contributed by atoms with Crippen molar-refractivity contribution < 1.29 is 9.15 Å². The molecule has 0 saturated heterocycles. The molecular weight excluding hydrogens is 384 g/mol. The predicted octanol–water partition coefficient (Wildman–Crippen LogP) is 6.62. The average molecular weight is 405 g/mol. The standard InChI is InChI=1S/C25H21ClO3/c1-15-4-8-19(9-5-15)24-25(28-14-18-6-10-20(26)11-7-18)22(27)21-13-16(2)12-17(3)23(21)29-24/h4-13H,14H2,1-3H3. The van der Waals surface area contributed by atoms with Crippen LogP contribution in [0.2, 0.25) is 5.02 Å². The molecule has 0 aliphatic heterocycles. The first-order valence-corrected chi connectivity index (χ1v) is 9.82. The zero-order chi connectivity index (χ0) is 20.5. The Bertz CT molecular complexity index is 1240. The molecule has 0 aliphatic carbocycles. The van der Waals surface area contributed by atoms with Gasteiger partial charge >= 0.3 is 0 Å². The zero-order valence-corrected chi connectivity index (χ0v) is 17.3. The van der Waals surface area contributed by atoms with Crippen molar-refractivity contribution in [1.82, 2.24) is 0 Å². The van der Waals surface area contributed by atoms with Gasteiger partial charge in [-0.3, -0.25) is 4.79 Å². The SMILES string of the molecule is Cc1ccc(-c2oc3c(C)cc(C)cc3c(=O)c2OCc2ccc(Cl)cc2)cc1. The van der Waals surface area contributed by atoms with Crippen LogP contribution in [-0.4, -0.2) is 0 Å². The number of benzene rings is 3. The van der Waals surface area contributed by atoms with Gasteiger partial charge < -0.3 is 9.15 Å². The smallest absolute Gasteiger partial charge is 0.235 e. The van der Waals surface area contributed by atoms with E-state index in [9.17, 15) is 4.79 Å². The molecule has 0 N–H and O–H groups in total. The molecule has 0 unspecified atom stereocenters. The van der Waals surface area contributed by atoms with Gasteiger partial charge in [0.15, 0.2) is 5.76 Å². The molecule has 29 heavy (non-hydrogen) atoms. The van der Waals surface area contributed by atoms with Gasteiger partial charge in [0.25, 0.3) is 0 Å². The highest BCUT2D eigenvalue weighted by Gasteiger charge is 2.19. The summed E-state index contributed by atoms with van der Waals surface area (Å²) in [6, 6.07) is 19.1. The fourth-order valence-electron chi connectivity index (χ4n) is 3.39. The van der Waals surface area contributed by atoms with Crippen molar-refractivity contribution in [3.05, 3.63) is 98.2 Å². The van der Waals surface area contributed by atoms with Gasteiger partial charge in [-0.2, -0.15) is 0 Å². The minimum absolute atomic E-state index is 0.164. The molecule has 0 aliphatic rings. The van der Waals surface area contributed by atoms with Crippen molar-refractivity contribution in [1.29, 1.82) is 0 Å². The molecule has 146 valence electrons. The van der Waals surface area contributed by atoms with Crippen LogP contribution in [0.3, 0.4) is 0 Å². The van der Waals surface area contributed by atoms with Gasteiger partial charge in [-0.1, -0.05) is 59.6 Å². The molecule has 0 fully saturated rings. The van der Waals surface area contributed by atoms with Gasteiger partial charge in [0.2, 0.25) is 11.2 Å². The number of rotatable bonds is 4. The largest absolute Gasteiger partial charge is 0.481 e. The molecule has 0 radical (unpaired) electrons. The van der Waals surface area contributed by atoms with Crippen molar-refractivity contribution >= 4 is 22.6 Å². The van der Waals surface area contributed by atoms with E-state index in [1.165, 1.54) is 0 Å². The Kier molecular flexibility index (Phi) is 5.16. The Morgan fingerprint density at radius 2 is 1.59 bits per heavy atom. The van der Waals surface area contributed by atoms with E-state index in [1.807, 2.05) is 69.3 Å². The Labute approximate surface area is 174 Å². The maximum Gasteiger partial charge on any atom is 0.235 e. The van der Waals surface area contributed by atoms with Crippen molar-refractivity contribution in [2.75, 3.05) is 0 Å². The van der Waals surface area contributed by atoms with Crippen molar-refractivity contribution in [2.24, 2.45) is 0 Å². The van der Waals surface area contributed by atoms with Gasteiger partial charge in [-0.05, 0) is 55.7 Å². The minimum Gasteiger partial charge on any atom is -0.481 e. The summed E-state index contributed by atoms with van der Waals surface area (Å²) in [4.78, 5) is 13.4. The van der Waals surface area contributed by atoms with Gasteiger partial charge in [0, 0.05) is 10.6 Å². The summed E-state index contributed by atoms with van der Waals surface area (Å²) < 4.78 is 12.3. The van der Waals surface area contributed by atoms with Crippen LogP contribution in [0.25, 0.3) is 22.3 Å². The number of aryl methyl sites for hydroxylation is 3. The first kappa shape index (κ1) is 19.3. The summed E-state index contributed by atoms with van der Waals surface area (Å²) in [5, 5.41) is 1.19. The molecule has 0 spiro atoms.